The normalized spacial score (nSPS) is 12.9. The second-order valence-corrected chi connectivity index (χ2v) is 23.0. The van der Waals surface area contributed by atoms with E-state index in [1.165, 1.54) is 238 Å². The predicted octanol–water partition coefficient (Wildman–Crippen LogP) is 21.1. The van der Waals surface area contributed by atoms with Crippen LogP contribution in [-0.4, -0.2) is 37.2 Å². The van der Waals surface area contributed by atoms with E-state index >= 15 is 0 Å². The molecule has 0 aromatic heterocycles. The number of rotatable bonds is 57. The number of hydrogen-bond donors (Lipinski definition) is 0. The molecule has 3 atom stereocenters. The first-order chi connectivity index (χ1) is 34.2. The Bertz CT molecular complexity index is 1090. The van der Waals surface area contributed by atoms with Crippen LogP contribution in [0.3, 0.4) is 0 Å². The van der Waals surface area contributed by atoms with Crippen molar-refractivity contribution in [2.24, 2.45) is 17.8 Å². The number of unbranched alkanes of at least 4 members (excludes halogenated alkanes) is 38. The van der Waals surface area contributed by atoms with Gasteiger partial charge in [0.15, 0.2) is 6.10 Å². The van der Waals surface area contributed by atoms with E-state index in [4.69, 9.17) is 14.2 Å². The minimum absolute atomic E-state index is 0.0629. The van der Waals surface area contributed by atoms with Crippen molar-refractivity contribution >= 4 is 17.9 Å². The Balaban J connectivity index is 4.26. The summed E-state index contributed by atoms with van der Waals surface area (Å²) in [5.74, 6) is 1.78. The van der Waals surface area contributed by atoms with Crippen molar-refractivity contribution in [1.29, 1.82) is 0 Å². The van der Waals surface area contributed by atoms with Gasteiger partial charge in [0, 0.05) is 19.3 Å². The monoisotopic (exact) mass is 989 g/mol. The van der Waals surface area contributed by atoms with E-state index in [1.54, 1.807) is 0 Å². The van der Waals surface area contributed by atoms with Gasteiger partial charge in [0.1, 0.15) is 13.2 Å². The summed E-state index contributed by atoms with van der Waals surface area (Å²) in [6.07, 6.45) is 59.5. The maximum absolute atomic E-state index is 12.9. The van der Waals surface area contributed by atoms with Gasteiger partial charge in [0.05, 0.1) is 0 Å². The Labute approximate surface area is 438 Å². The first-order valence-electron chi connectivity index (χ1n) is 31.7. The SMILES string of the molecule is CCC(C)CCCCCCCCCCCCCCCCCCCCC(=O)OC[C@@H](COC(=O)CCCCCCCCCCCCC(C)CC)OC(=O)CCCCCCCCCCCCCCCC(C)C. The fourth-order valence-corrected chi connectivity index (χ4v) is 9.82. The van der Waals surface area contributed by atoms with E-state index in [0.29, 0.717) is 19.3 Å². The molecule has 2 unspecified atom stereocenters. The van der Waals surface area contributed by atoms with Crippen molar-refractivity contribution in [2.75, 3.05) is 13.2 Å². The van der Waals surface area contributed by atoms with Crippen molar-refractivity contribution in [1.82, 2.24) is 0 Å². The van der Waals surface area contributed by atoms with E-state index in [1.807, 2.05) is 0 Å². The van der Waals surface area contributed by atoms with Crippen molar-refractivity contribution < 1.29 is 28.6 Å². The smallest absolute Gasteiger partial charge is 0.306 e. The van der Waals surface area contributed by atoms with Gasteiger partial charge in [-0.15, -0.1) is 0 Å². The number of ether oxygens (including phenoxy) is 3. The average Bonchev–Trinajstić information content (AvgIpc) is 3.35. The maximum Gasteiger partial charge on any atom is 0.306 e. The highest BCUT2D eigenvalue weighted by Gasteiger charge is 2.19. The summed E-state index contributed by atoms with van der Waals surface area (Å²) in [6.45, 7) is 13.9. The largest absolute Gasteiger partial charge is 0.462 e. The minimum atomic E-state index is -0.764. The maximum atomic E-state index is 12.9. The minimum Gasteiger partial charge on any atom is -0.462 e. The van der Waals surface area contributed by atoms with Crippen LogP contribution >= 0.6 is 0 Å². The van der Waals surface area contributed by atoms with Crippen molar-refractivity contribution in [2.45, 2.75) is 362 Å². The third kappa shape index (κ3) is 54.2. The van der Waals surface area contributed by atoms with Gasteiger partial charge in [-0.3, -0.25) is 14.4 Å². The molecule has 0 rings (SSSR count). The van der Waals surface area contributed by atoms with Crippen LogP contribution in [0.4, 0.5) is 0 Å². The molecule has 0 saturated carbocycles. The molecule has 0 radical (unpaired) electrons. The van der Waals surface area contributed by atoms with Crippen LogP contribution in [0.1, 0.15) is 356 Å². The summed E-state index contributed by atoms with van der Waals surface area (Å²) in [4.78, 5) is 38.3. The number of hydrogen-bond acceptors (Lipinski definition) is 6. The lowest BCUT2D eigenvalue weighted by Gasteiger charge is -2.18. The van der Waals surface area contributed by atoms with Gasteiger partial charge in [-0.1, -0.05) is 318 Å². The summed E-state index contributed by atoms with van der Waals surface area (Å²) in [5, 5.41) is 0. The van der Waals surface area contributed by atoms with Crippen molar-refractivity contribution in [3.05, 3.63) is 0 Å². The molecular formula is C64H124O6. The number of carbonyl (C=O) groups is 3. The second-order valence-electron chi connectivity index (χ2n) is 23.0. The molecule has 0 bridgehead atoms. The molecule has 0 aliphatic carbocycles. The molecule has 0 aromatic carbocycles. The van der Waals surface area contributed by atoms with E-state index < -0.39 is 6.10 Å². The second kappa shape index (κ2) is 55.2. The van der Waals surface area contributed by atoms with Crippen LogP contribution in [0.5, 0.6) is 0 Å². The molecule has 0 aliphatic rings. The molecule has 416 valence electrons. The fraction of sp³-hybridized carbons (Fsp3) is 0.953. The summed E-state index contributed by atoms with van der Waals surface area (Å²) < 4.78 is 16.9. The number of esters is 3. The Hall–Kier alpha value is -1.59. The molecule has 0 amide bonds. The molecule has 6 heteroatoms. The molecule has 0 aromatic rings. The van der Waals surface area contributed by atoms with Crippen LogP contribution in [-0.2, 0) is 28.6 Å². The van der Waals surface area contributed by atoms with Gasteiger partial charge in [-0.05, 0) is 37.0 Å². The van der Waals surface area contributed by atoms with Gasteiger partial charge in [-0.2, -0.15) is 0 Å². The highest BCUT2D eigenvalue weighted by Crippen LogP contribution is 2.20. The zero-order valence-corrected chi connectivity index (χ0v) is 48.3. The van der Waals surface area contributed by atoms with Crippen molar-refractivity contribution in [3.63, 3.8) is 0 Å². The highest BCUT2D eigenvalue weighted by molar-refractivity contribution is 5.71. The van der Waals surface area contributed by atoms with Crippen LogP contribution in [0.25, 0.3) is 0 Å². The molecule has 0 aliphatic heterocycles. The molecule has 6 nitrogen and oxygen atoms in total. The topological polar surface area (TPSA) is 78.9 Å². The first-order valence-corrected chi connectivity index (χ1v) is 31.7. The van der Waals surface area contributed by atoms with Crippen LogP contribution in [0, 0.1) is 17.8 Å². The Morgan fingerprint density at radius 1 is 0.286 bits per heavy atom. The van der Waals surface area contributed by atoms with Crippen LogP contribution < -0.4 is 0 Å². The Kier molecular flexibility index (Phi) is 53.9. The van der Waals surface area contributed by atoms with Gasteiger partial charge in [-0.25, -0.2) is 0 Å². The quantitative estimate of drug-likeness (QED) is 0.0343. The molecule has 70 heavy (non-hydrogen) atoms. The lowest BCUT2D eigenvalue weighted by Crippen LogP contribution is -2.30. The summed E-state index contributed by atoms with van der Waals surface area (Å²) in [5.41, 5.74) is 0. The van der Waals surface area contributed by atoms with E-state index in [9.17, 15) is 14.4 Å². The molecule has 0 spiro atoms. The molecule has 0 fully saturated rings. The van der Waals surface area contributed by atoms with E-state index in [-0.39, 0.29) is 31.1 Å². The van der Waals surface area contributed by atoms with E-state index in [0.717, 1.165) is 75.5 Å². The zero-order chi connectivity index (χ0) is 51.2. The van der Waals surface area contributed by atoms with Gasteiger partial charge < -0.3 is 14.2 Å². The van der Waals surface area contributed by atoms with Crippen LogP contribution in [0.15, 0.2) is 0 Å². The van der Waals surface area contributed by atoms with Crippen molar-refractivity contribution in [3.8, 4) is 0 Å². The fourth-order valence-electron chi connectivity index (χ4n) is 9.82. The highest BCUT2D eigenvalue weighted by atomic mass is 16.6. The Morgan fingerprint density at radius 2 is 0.500 bits per heavy atom. The Morgan fingerprint density at radius 3 is 0.743 bits per heavy atom. The van der Waals surface area contributed by atoms with Crippen LogP contribution in [0.2, 0.25) is 0 Å². The predicted molar refractivity (Wildman–Crippen MR) is 303 cm³/mol. The summed E-state index contributed by atoms with van der Waals surface area (Å²) >= 11 is 0. The lowest BCUT2D eigenvalue weighted by molar-refractivity contribution is -0.167. The molecule has 0 saturated heterocycles. The standard InChI is InChI=1S/C64H124O6/c1-7-59(5)51-45-39-33-27-21-17-13-11-9-10-12-14-18-22-29-35-41-47-53-62(65)68-56-61(57-69-63(66)54-48-42-36-30-25-24-28-34-40-46-52-60(6)8-2)70-64(67)55-49-43-37-31-23-19-15-16-20-26-32-38-44-50-58(3)4/h58-61H,7-57H2,1-6H3/t59?,60?,61-/m0/s1. The third-order valence-corrected chi connectivity index (χ3v) is 15.4. The first kappa shape index (κ1) is 68.4. The molecular weight excluding hydrogens is 865 g/mol. The summed E-state index contributed by atoms with van der Waals surface area (Å²) in [6, 6.07) is 0. The van der Waals surface area contributed by atoms with Gasteiger partial charge in [0.25, 0.3) is 0 Å². The third-order valence-electron chi connectivity index (χ3n) is 15.4. The zero-order valence-electron chi connectivity index (χ0n) is 48.3. The number of carbonyl (C=O) groups excluding carboxylic acids is 3. The average molecular weight is 990 g/mol. The van der Waals surface area contributed by atoms with Gasteiger partial charge >= 0.3 is 17.9 Å². The molecule has 0 N–H and O–H groups in total. The molecule has 0 heterocycles. The summed E-state index contributed by atoms with van der Waals surface area (Å²) in [7, 11) is 0. The lowest BCUT2D eigenvalue weighted by atomic mass is 9.99. The van der Waals surface area contributed by atoms with E-state index in [2.05, 4.69) is 41.5 Å². The van der Waals surface area contributed by atoms with Gasteiger partial charge in [0.2, 0.25) is 0 Å².